The first-order chi connectivity index (χ1) is 15.8. The quantitative estimate of drug-likeness (QED) is 0.612. The van der Waals surface area contributed by atoms with Gasteiger partial charge in [0.05, 0.1) is 25.0 Å². The van der Waals surface area contributed by atoms with E-state index in [0.29, 0.717) is 0 Å². The second kappa shape index (κ2) is 9.28. The number of hydrogen-bond donors (Lipinski definition) is 1. The van der Waals surface area contributed by atoms with Gasteiger partial charge in [-0.1, -0.05) is 48.5 Å². The second-order valence-electron chi connectivity index (χ2n) is 8.23. The van der Waals surface area contributed by atoms with E-state index < -0.39 is 0 Å². The molecule has 162 valence electrons. The predicted octanol–water partition coefficient (Wildman–Crippen LogP) is 4.31. The summed E-state index contributed by atoms with van der Waals surface area (Å²) in [4.78, 5) is 7.02. The normalized spacial score (nSPS) is 15.9. The lowest BCUT2D eigenvalue weighted by Crippen LogP contribution is -2.30. The molecular weight excluding hydrogens is 396 g/mol. The molecule has 0 unspecified atom stereocenters. The molecule has 3 aromatic rings. The first-order valence-electron chi connectivity index (χ1n) is 11.0. The summed E-state index contributed by atoms with van der Waals surface area (Å²) in [6, 6.07) is 25.1. The minimum atomic E-state index is 0.798. The van der Waals surface area contributed by atoms with Crippen LogP contribution in [0.3, 0.4) is 0 Å². The summed E-state index contributed by atoms with van der Waals surface area (Å²) >= 11 is 0. The van der Waals surface area contributed by atoms with Gasteiger partial charge >= 0.3 is 0 Å². The average molecular weight is 425 g/mol. The van der Waals surface area contributed by atoms with Gasteiger partial charge in [-0.2, -0.15) is 0 Å². The summed E-state index contributed by atoms with van der Waals surface area (Å²) in [6.07, 6.45) is 5.03. The highest BCUT2D eigenvalue weighted by molar-refractivity contribution is 5.44. The van der Waals surface area contributed by atoms with Crippen LogP contribution in [0.1, 0.15) is 16.8 Å². The molecule has 2 aromatic carbocycles. The van der Waals surface area contributed by atoms with E-state index in [1.165, 1.54) is 28.1 Å². The smallest absolute Gasteiger partial charge is 0.119 e. The van der Waals surface area contributed by atoms with Crippen molar-refractivity contribution in [3.05, 3.63) is 119 Å². The second-order valence-corrected chi connectivity index (χ2v) is 8.23. The molecule has 5 heteroatoms. The van der Waals surface area contributed by atoms with Gasteiger partial charge in [0.25, 0.3) is 0 Å². The molecule has 0 atom stereocenters. The van der Waals surface area contributed by atoms with Gasteiger partial charge in [0.15, 0.2) is 0 Å². The Balaban J connectivity index is 1.44. The number of fused-ring (bicyclic) bond motifs is 1. The number of nitrogens with one attached hydrogen (secondary N) is 1. The standard InChI is InChI=1S/C27H28N4O/c1-32-24-12-7-10-22(16-24)17-27-25-20-31(18-21-8-3-2-4-9-21)29-26(25)13-15-30(27)19-23-11-5-6-14-28-23/h2-14,16,29H,15,17-20H2,1H3. The number of nitrogens with zero attached hydrogens (tertiary/aromatic N) is 3. The number of ether oxygens (including phenoxy) is 1. The molecule has 3 heterocycles. The van der Waals surface area contributed by atoms with Crippen molar-refractivity contribution in [2.24, 2.45) is 0 Å². The van der Waals surface area contributed by atoms with E-state index in [4.69, 9.17) is 4.74 Å². The zero-order chi connectivity index (χ0) is 21.8. The van der Waals surface area contributed by atoms with Crippen LogP contribution in [0, 0.1) is 0 Å². The Bertz CT molecular complexity index is 1120. The van der Waals surface area contributed by atoms with Crippen molar-refractivity contribution in [3.8, 4) is 5.75 Å². The van der Waals surface area contributed by atoms with E-state index in [0.717, 1.165) is 44.0 Å². The predicted molar refractivity (Wildman–Crippen MR) is 126 cm³/mol. The Labute approximate surface area is 189 Å². The van der Waals surface area contributed by atoms with Crippen LogP contribution >= 0.6 is 0 Å². The molecule has 0 amide bonds. The van der Waals surface area contributed by atoms with E-state index in [1.54, 1.807) is 7.11 Å². The summed E-state index contributed by atoms with van der Waals surface area (Å²) in [5.74, 6) is 0.895. The van der Waals surface area contributed by atoms with Crippen molar-refractivity contribution in [2.75, 3.05) is 20.2 Å². The Kier molecular flexibility index (Phi) is 5.90. The molecule has 2 aliphatic heterocycles. The third-order valence-corrected chi connectivity index (χ3v) is 6.00. The third kappa shape index (κ3) is 4.53. The lowest BCUT2D eigenvalue weighted by molar-refractivity contribution is 0.259. The number of methoxy groups -OCH3 is 1. The van der Waals surface area contributed by atoms with Gasteiger partial charge in [0, 0.05) is 43.5 Å². The van der Waals surface area contributed by atoms with Gasteiger partial charge in [0.1, 0.15) is 5.75 Å². The Hall–Kier alpha value is -3.57. The minimum absolute atomic E-state index is 0.798. The highest BCUT2D eigenvalue weighted by Crippen LogP contribution is 2.31. The van der Waals surface area contributed by atoms with Crippen molar-refractivity contribution in [3.63, 3.8) is 0 Å². The number of benzene rings is 2. The molecule has 0 radical (unpaired) electrons. The molecule has 5 rings (SSSR count). The van der Waals surface area contributed by atoms with E-state index in [1.807, 2.05) is 18.3 Å². The first-order valence-corrected chi connectivity index (χ1v) is 11.0. The average Bonchev–Trinajstić information content (AvgIpc) is 3.25. The number of rotatable bonds is 7. The lowest BCUT2D eigenvalue weighted by atomic mass is 9.99. The molecule has 1 fully saturated rings. The Morgan fingerprint density at radius 2 is 1.78 bits per heavy atom. The van der Waals surface area contributed by atoms with Gasteiger partial charge in [-0.3, -0.25) is 4.98 Å². The third-order valence-electron chi connectivity index (χ3n) is 6.00. The van der Waals surface area contributed by atoms with Gasteiger partial charge in [0.2, 0.25) is 0 Å². The molecular formula is C27H28N4O. The maximum Gasteiger partial charge on any atom is 0.119 e. The fraction of sp³-hybridized carbons (Fsp3) is 0.222. The van der Waals surface area contributed by atoms with Crippen molar-refractivity contribution >= 4 is 0 Å². The fourth-order valence-electron chi connectivity index (χ4n) is 4.41. The molecule has 32 heavy (non-hydrogen) atoms. The van der Waals surface area contributed by atoms with Crippen LogP contribution in [-0.2, 0) is 19.5 Å². The maximum atomic E-state index is 5.46. The summed E-state index contributed by atoms with van der Waals surface area (Å²) in [6.45, 7) is 3.40. The van der Waals surface area contributed by atoms with Crippen molar-refractivity contribution in [1.82, 2.24) is 20.3 Å². The molecule has 0 bridgehead atoms. The van der Waals surface area contributed by atoms with E-state index in [2.05, 4.69) is 87.1 Å². The maximum absolute atomic E-state index is 5.46. The van der Waals surface area contributed by atoms with Crippen LogP contribution in [0.2, 0.25) is 0 Å². The van der Waals surface area contributed by atoms with Crippen LogP contribution < -0.4 is 10.2 Å². The van der Waals surface area contributed by atoms with Gasteiger partial charge in [-0.15, -0.1) is 0 Å². The van der Waals surface area contributed by atoms with Crippen LogP contribution in [0.15, 0.2) is 102 Å². The minimum Gasteiger partial charge on any atom is -0.497 e. The molecule has 5 nitrogen and oxygen atoms in total. The number of allylic oxidation sites excluding steroid dienone is 1. The highest BCUT2D eigenvalue weighted by Gasteiger charge is 2.30. The van der Waals surface area contributed by atoms with Crippen molar-refractivity contribution in [2.45, 2.75) is 19.5 Å². The highest BCUT2D eigenvalue weighted by atomic mass is 16.5. The number of hydrogen-bond acceptors (Lipinski definition) is 5. The zero-order valence-electron chi connectivity index (χ0n) is 18.4. The van der Waals surface area contributed by atoms with Gasteiger partial charge in [-0.05, 0) is 41.5 Å². The fourth-order valence-corrected chi connectivity index (χ4v) is 4.41. The lowest BCUT2D eigenvalue weighted by Gasteiger charge is -2.31. The van der Waals surface area contributed by atoms with E-state index >= 15 is 0 Å². The SMILES string of the molecule is COc1cccc(CC2=C3CN(Cc4ccccc4)NC3=CCN2Cc2ccccn2)c1. The summed E-state index contributed by atoms with van der Waals surface area (Å²) in [5, 5.41) is 2.30. The number of hydrazine groups is 1. The molecule has 0 saturated carbocycles. The van der Waals surface area contributed by atoms with E-state index in [-0.39, 0.29) is 0 Å². The molecule has 1 N–H and O–H groups in total. The first kappa shape index (κ1) is 20.3. The van der Waals surface area contributed by atoms with Crippen LogP contribution in [0.4, 0.5) is 0 Å². The summed E-state index contributed by atoms with van der Waals surface area (Å²) in [7, 11) is 1.72. The zero-order valence-corrected chi connectivity index (χ0v) is 18.4. The largest absolute Gasteiger partial charge is 0.497 e. The summed E-state index contributed by atoms with van der Waals surface area (Å²) < 4.78 is 5.46. The van der Waals surface area contributed by atoms with Gasteiger partial charge in [-0.25, -0.2) is 5.01 Å². The van der Waals surface area contributed by atoms with Crippen molar-refractivity contribution in [1.29, 1.82) is 0 Å². The molecule has 0 aliphatic carbocycles. The Morgan fingerprint density at radius 3 is 2.59 bits per heavy atom. The summed E-state index contributed by atoms with van der Waals surface area (Å²) in [5.41, 5.74) is 11.2. The molecule has 1 aromatic heterocycles. The molecule has 2 aliphatic rings. The Morgan fingerprint density at radius 1 is 0.938 bits per heavy atom. The number of aromatic nitrogens is 1. The van der Waals surface area contributed by atoms with Crippen molar-refractivity contribution < 1.29 is 4.74 Å². The molecule has 0 spiro atoms. The number of pyridine rings is 1. The van der Waals surface area contributed by atoms with Crippen LogP contribution in [-0.4, -0.2) is 35.1 Å². The monoisotopic (exact) mass is 424 g/mol. The van der Waals surface area contributed by atoms with Gasteiger partial charge < -0.3 is 15.1 Å². The van der Waals surface area contributed by atoms with Crippen LogP contribution in [0.5, 0.6) is 5.75 Å². The molecule has 1 saturated heterocycles. The van der Waals surface area contributed by atoms with E-state index in [9.17, 15) is 0 Å². The topological polar surface area (TPSA) is 40.6 Å². The van der Waals surface area contributed by atoms with Crippen LogP contribution in [0.25, 0.3) is 0 Å².